The minimum atomic E-state index is -0.224. The van der Waals surface area contributed by atoms with E-state index in [-0.39, 0.29) is 12.5 Å². The molecule has 5 nitrogen and oxygen atoms in total. The molecule has 0 atom stereocenters. The molecule has 0 bridgehead atoms. The Bertz CT molecular complexity index is 935. The maximum absolute atomic E-state index is 12.2. The van der Waals surface area contributed by atoms with Crippen molar-refractivity contribution in [3.63, 3.8) is 0 Å². The summed E-state index contributed by atoms with van der Waals surface area (Å²) < 4.78 is 1.74. The zero-order valence-electron chi connectivity index (χ0n) is 12.2. The van der Waals surface area contributed by atoms with Crippen LogP contribution in [0.2, 0.25) is 0 Å². The van der Waals surface area contributed by atoms with Gasteiger partial charge in [-0.25, -0.2) is 0 Å². The molecule has 23 heavy (non-hydrogen) atoms. The second-order valence-corrected chi connectivity index (χ2v) is 5.09. The summed E-state index contributed by atoms with van der Waals surface area (Å²) in [7, 11) is 0. The van der Waals surface area contributed by atoms with Gasteiger partial charge in [0.2, 0.25) is 5.91 Å². The third kappa shape index (κ3) is 2.97. The highest BCUT2D eigenvalue weighted by Crippen LogP contribution is 2.20. The second-order valence-electron chi connectivity index (χ2n) is 5.09. The summed E-state index contributed by atoms with van der Waals surface area (Å²) in [5, 5.41) is 12.5. The van der Waals surface area contributed by atoms with E-state index in [0.29, 0.717) is 16.8 Å². The van der Waals surface area contributed by atoms with Crippen LogP contribution in [0.3, 0.4) is 0 Å². The first-order chi connectivity index (χ1) is 11.2. The first-order valence-corrected chi connectivity index (χ1v) is 7.04. The molecule has 0 aliphatic carbocycles. The Morgan fingerprint density at radius 1 is 1.22 bits per heavy atom. The number of aromatic nitrogens is 1. The number of nitriles is 1. The third-order valence-corrected chi connectivity index (χ3v) is 3.54. The molecule has 1 N–H and O–H groups in total. The molecule has 0 aliphatic rings. The molecule has 0 aliphatic heterocycles. The lowest BCUT2D eigenvalue weighted by atomic mass is 10.2. The summed E-state index contributed by atoms with van der Waals surface area (Å²) in [5.41, 5.74) is 2.44. The molecular formula is C18H13N3O2. The number of para-hydroxylation sites is 1. The minimum absolute atomic E-state index is 0.0884. The molecule has 0 spiro atoms. The summed E-state index contributed by atoms with van der Waals surface area (Å²) in [5.74, 6) is -0.224. The number of nitrogens with one attached hydrogen (secondary N) is 1. The number of rotatable bonds is 4. The molecule has 1 amide bonds. The fourth-order valence-corrected chi connectivity index (χ4v) is 2.52. The van der Waals surface area contributed by atoms with Gasteiger partial charge in [-0.3, -0.25) is 9.59 Å². The van der Waals surface area contributed by atoms with Gasteiger partial charge in [-0.1, -0.05) is 24.3 Å². The van der Waals surface area contributed by atoms with Crippen LogP contribution in [0.25, 0.3) is 10.9 Å². The Morgan fingerprint density at radius 3 is 2.83 bits per heavy atom. The van der Waals surface area contributed by atoms with E-state index in [1.165, 1.54) is 0 Å². The van der Waals surface area contributed by atoms with Crippen LogP contribution in [0.1, 0.15) is 15.9 Å². The summed E-state index contributed by atoms with van der Waals surface area (Å²) in [4.78, 5) is 23.4. The van der Waals surface area contributed by atoms with Crippen LogP contribution >= 0.6 is 0 Å². The average molecular weight is 303 g/mol. The number of hydrogen-bond donors (Lipinski definition) is 1. The molecule has 112 valence electrons. The van der Waals surface area contributed by atoms with E-state index in [4.69, 9.17) is 5.26 Å². The third-order valence-electron chi connectivity index (χ3n) is 3.54. The fourth-order valence-electron chi connectivity index (χ4n) is 2.52. The van der Waals surface area contributed by atoms with E-state index in [9.17, 15) is 9.59 Å². The first-order valence-electron chi connectivity index (χ1n) is 7.04. The molecule has 0 radical (unpaired) electrons. The smallest absolute Gasteiger partial charge is 0.244 e. The van der Waals surface area contributed by atoms with Crippen molar-refractivity contribution >= 4 is 28.8 Å². The monoisotopic (exact) mass is 303 g/mol. The standard InChI is InChI=1S/C18H13N3O2/c19-9-13-4-3-5-15(8-13)20-18(23)11-21-10-14(12-22)16-6-1-2-7-17(16)21/h1-8,10,12H,11H2,(H,20,23). The maximum Gasteiger partial charge on any atom is 0.244 e. The number of benzene rings is 2. The Morgan fingerprint density at radius 2 is 2.04 bits per heavy atom. The van der Waals surface area contributed by atoms with Crippen molar-refractivity contribution in [3.8, 4) is 6.07 Å². The van der Waals surface area contributed by atoms with E-state index in [1.807, 2.05) is 30.3 Å². The average Bonchev–Trinajstić information content (AvgIpc) is 2.93. The largest absolute Gasteiger partial charge is 0.337 e. The highest BCUT2D eigenvalue weighted by Gasteiger charge is 2.10. The molecule has 0 fully saturated rings. The predicted molar refractivity (Wildman–Crippen MR) is 87.1 cm³/mol. The molecule has 1 heterocycles. The Hall–Kier alpha value is -3.39. The van der Waals surface area contributed by atoms with Crippen LogP contribution in [-0.4, -0.2) is 16.8 Å². The van der Waals surface area contributed by atoms with Gasteiger partial charge >= 0.3 is 0 Å². The molecule has 0 saturated heterocycles. The molecule has 0 saturated carbocycles. The minimum Gasteiger partial charge on any atom is -0.337 e. The van der Waals surface area contributed by atoms with E-state index < -0.39 is 0 Å². The zero-order valence-corrected chi connectivity index (χ0v) is 12.2. The number of nitrogens with zero attached hydrogens (tertiary/aromatic N) is 2. The number of carbonyl (C=O) groups excluding carboxylic acids is 2. The van der Waals surface area contributed by atoms with Gasteiger partial charge in [-0.05, 0) is 24.3 Å². The van der Waals surface area contributed by atoms with E-state index in [2.05, 4.69) is 5.32 Å². The molecule has 3 rings (SSSR count). The van der Waals surface area contributed by atoms with Crippen LogP contribution in [-0.2, 0) is 11.3 Å². The summed E-state index contributed by atoms with van der Waals surface area (Å²) in [6, 6.07) is 16.2. The molecule has 1 aromatic heterocycles. The van der Waals surface area contributed by atoms with Gasteiger partial charge in [0.1, 0.15) is 6.54 Å². The highest BCUT2D eigenvalue weighted by atomic mass is 16.2. The molecule has 5 heteroatoms. The fraction of sp³-hybridized carbons (Fsp3) is 0.0556. The van der Waals surface area contributed by atoms with Crippen LogP contribution in [0, 0.1) is 11.3 Å². The Labute approximate surface area is 132 Å². The van der Waals surface area contributed by atoms with Crippen molar-refractivity contribution in [2.45, 2.75) is 6.54 Å². The van der Waals surface area contributed by atoms with Crippen LogP contribution in [0.4, 0.5) is 5.69 Å². The lowest BCUT2D eigenvalue weighted by molar-refractivity contribution is -0.116. The molecule has 0 unspecified atom stereocenters. The predicted octanol–water partition coefficient (Wildman–Crippen LogP) is 2.96. The van der Waals surface area contributed by atoms with Crippen LogP contribution < -0.4 is 5.32 Å². The van der Waals surface area contributed by atoms with Gasteiger partial charge in [-0.2, -0.15) is 5.26 Å². The van der Waals surface area contributed by atoms with E-state index in [1.54, 1.807) is 35.0 Å². The SMILES string of the molecule is N#Cc1cccc(NC(=O)Cn2cc(C=O)c3ccccc32)c1. The van der Waals surface area contributed by atoms with Gasteiger partial charge in [0, 0.05) is 28.4 Å². The number of amides is 1. The van der Waals surface area contributed by atoms with Crippen molar-refractivity contribution in [3.05, 3.63) is 65.9 Å². The van der Waals surface area contributed by atoms with Gasteiger partial charge < -0.3 is 9.88 Å². The number of anilines is 1. The van der Waals surface area contributed by atoms with Crippen LogP contribution in [0.5, 0.6) is 0 Å². The maximum atomic E-state index is 12.2. The summed E-state index contributed by atoms with van der Waals surface area (Å²) in [6.45, 7) is 0.0884. The quantitative estimate of drug-likeness (QED) is 0.753. The number of hydrogen-bond acceptors (Lipinski definition) is 3. The number of aldehydes is 1. The van der Waals surface area contributed by atoms with Crippen LogP contribution in [0.15, 0.2) is 54.7 Å². The van der Waals surface area contributed by atoms with Gasteiger partial charge in [0.25, 0.3) is 0 Å². The van der Waals surface area contributed by atoms with E-state index in [0.717, 1.165) is 17.2 Å². The lowest BCUT2D eigenvalue weighted by Crippen LogP contribution is -2.18. The van der Waals surface area contributed by atoms with Crippen molar-refractivity contribution in [2.75, 3.05) is 5.32 Å². The topological polar surface area (TPSA) is 74.9 Å². The van der Waals surface area contributed by atoms with Crippen molar-refractivity contribution in [1.29, 1.82) is 5.26 Å². The molecule has 3 aromatic rings. The first kappa shape index (κ1) is 14.5. The number of carbonyl (C=O) groups is 2. The summed E-state index contributed by atoms with van der Waals surface area (Å²) >= 11 is 0. The second kappa shape index (κ2) is 6.16. The van der Waals surface area contributed by atoms with Gasteiger partial charge in [-0.15, -0.1) is 0 Å². The van der Waals surface area contributed by atoms with E-state index >= 15 is 0 Å². The molecule has 2 aromatic carbocycles. The van der Waals surface area contributed by atoms with Crippen molar-refractivity contribution < 1.29 is 9.59 Å². The summed E-state index contributed by atoms with van der Waals surface area (Å²) in [6.07, 6.45) is 2.45. The molecular weight excluding hydrogens is 290 g/mol. The normalized spacial score (nSPS) is 10.2. The number of fused-ring (bicyclic) bond motifs is 1. The Balaban J connectivity index is 1.83. The Kier molecular flexibility index (Phi) is 3.89. The van der Waals surface area contributed by atoms with Gasteiger partial charge in [0.15, 0.2) is 6.29 Å². The lowest BCUT2D eigenvalue weighted by Gasteiger charge is -2.07. The van der Waals surface area contributed by atoms with Crippen molar-refractivity contribution in [1.82, 2.24) is 4.57 Å². The zero-order chi connectivity index (χ0) is 16.2. The van der Waals surface area contributed by atoms with Crippen molar-refractivity contribution in [2.24, 2.45) is 0 Å². The highest BCUT2D eigenvalue weighted by molar-refractivity contribution is 5.99. The van der Waals surface area contributed by atoms with Gasteiger partial charge in [0.05, 0.1) is 11.6 Å².